The number of benzene rings is 2. The molecule has 0 heterocycles. The highest BCUT2D eigenvalue weighted by molar-refractivity contribution is 7.98. The molecular weight excluding hydrogens is 373 g/mol. The van der Waals surface area contributed by atoms with Crippen LogP contribution in [0.5, 0.6) is 0 Å². The van der Waals surface area contributed by atoms with Gasteiger partial charge in [0.2, 0.25) is 0 Å². The van der Waals surface area contributed by atoms with Gasteiger partial charge in [-0.15, -0.1) is 11.8 Å². The van der Waals surface area contributed by atoms with Crippen LogP contribution >= 0.6 is 46.6 Å². The van der Waals surface area contributed by atoms with Crippen LogP contribution in [-0.2, 0) is 17.0 Å². The van der Waals surface area contributed by atoms with Gasteiger partial charge in [0.05, 0.1) is 10.7 Å². The Labute approximate surface area is 144 Å². The topological polar surface area (TPSA) is 49.3 Å². The molecule has 112 valence electrons. The molecule has 8 heteroatoms. The van der Waals surface area contributed by atoms with E-state index in [1.54, 1.807) is 30.3 Å². The zero-order valence-electron chi connectivity index (χ0n) is 10.5. The molecule has 0 saturated carbocycles. The highest BCUT2D eigenvalue weighted by Crippen LogP contribution is 2.35. The largest absolute Gasteiger partial charge is 0.289 e. The second-order valence-corrected chi connectivity index (χ2v) is 6.95. The minimum absolute atomic E-state index is 0.501. The number of anilines is 1. The lowest BCUT2D eigenvalue weighted by Gasteiger charge is -2.11. The molecule has 2 N–H and O–H groups in total. The van der Waals surface area contributed by atoms with Crippen molar-refractivity contribution < 1.29 is 8.76 Å². The van der Waals surface area contributed by atoms with Crippen molar-refractivity contribution in [2.45, 2.75) is 10.6 Å². The van der Waals surface area contributed by atoms with E-state index >= 15 is 0 Å². The van der Waals surface area contributed by atoms with E-state index < -0.39 is 11.3 Å². The predicted octanol–water partition coefficient (Wildman–Crippen LogP) is 5.49. The van der Waals surface area contributed by atoms with E-state index in [-0.39, 0.29) is 0 Å². The highest BCUT2D eigenvalue weighted by atomic mass is 35.5. The second-order valence-electron chi connectivity index (χ2n) is 3.98. The molecule has 21 heavy (non-hydrogen) atoms. The van der Waals surface area contributed by atoms with Crippen LogP contribution in [0.15, 0.2) is 41.3 Å². The van der Waals surface area contributed by atoms with Crippen molar-refractivity contribution in [1.82, 2.24) is 0 Å². The van der Waals surface area contributed by atoms with Crippen LogP contribution in [-0.4, -0.2) is 8.76 Å². The molecule has 2 aromatic rings. The fraction of sp³-hybridized carbons (Fsp3) is 0.0769. The molecule has 1 unspecified atom stereocenters. The second kappa shape index (κ2) is 7.72. The molecule has 0 bridgehead atoms. The van der Waals surface area contributed by atoms with E-state index in [2.05, 4.69) is 4.72 Å². The summed E-state index contributed by atoms with van der Waals surface area (Å²) in [6.45, 7) is 0. The average molecular weight is 383 g/mol. The Bertz CT molecular complexity index is 682. The summed E-state index contributed by atoms with van der Waals surface area (Å²) in [6.07, 6.45) is 0. The Kier molecular flexibility index (Phi) is 6.22. The quantitative estimate of drug-likeness (QED) is 0.531. The van der Waals surface area contributed by atoms with Crippen LogP contribution < -0.4 is 4.72 Å². The fourth-order valence-corrected chi connectivity index (χ4v) is 3.88. The Morgan fingerprint density at radius 2 is 1.90 bits per heavy atom. The molecule has 0 spiro atoms. The molecule has 0 aliphatic rings. The molecule has 2 aromatic carbocycles. The van der Waals surface area contributed by atoms with Crippen LogP contribution in [0.4, 0.5) is 5.69 Å². The van der Waals surface area contributed by atoms with Crippen molar-refractivity contribution in [3.8, 4) is 0 Å². The van der Waals surface area contributed by atoms with Gasteiger partial charge in [-0.25, -0.2) is 4.21 Å². The third-order valence-corrected chi connectivity index (χ3v) is 5.09. The number of rotatable bonds is 5. The lowest BCUT2D eigenvalue weighted by molar-refractivity contribution is 0.570. The molecule has 0 saturated heterocycles. The molecule has 0 amide bonds. The first kappa shape index (κ1) is 16.9. The molecule has 3 nitrogen and oxygen atoms in total. The maximum Gasteiger partial charge on any atom is 0.259 e. The van der Waals surface area contributed by atoms with Crippen LogP contribution in [0.3, 0.4) is 0 Å². The maximum atomic E-state index is 10.9. The third kappa shape index (κ3) is 4.77. The standard InChI is InChI=1S/C13H10Cl3NO2S2/c14-8-4-5-13(11(16)6-8)20-7-9-10(15)2-1-3-12(9)17-21(18)19/h1-6,17H,7H2,(H,18,19). The van der Waals surface area contributed by atoms with Crippen molar-refractivity contribution in [3.63, 3.8) is 0 Å². The van der Waals surface area contributed by atoms with Gasteiger partial charge in [-0.1, -0.05) is 40.9 Å². The van der Waals surface area contributed by atoms with E-state index in [4.69, 9.17) is 39.4 Å². The lowest BCUT2D eigenvalue weighted by atomic mass is 10.2. The summed E-state index contributed by atoms with van der Waals surface area (Å²) in [4.78, 5) is 0.858. The van der Waals surface area contributed by atoms with E-state index in [1.807, 2.05) is 6.07 Å². The average Bonchev–Trinajstić information content (AvgIpc) is 2.39. The molecule has 0 radical (unpaired) electrons. The van der Waals surface area contributed by atoms with Gasteiger partial charge in [0.25, 0.3) is 11.3 Å². The van der Waals surface area contributed by atoms with E-state index in [1.165, 1.54) is 11.8 Å². The Morgan fingerprint density at radius 1 is 1.14 bits per heavy atom. The molecule has 2 rings (SSSR count). The zero-order valence-corrected chi connectivity index (χ0v) is 14.4. The van der Waals surface area contributed by atoms with E-state index in [0.717, 1.165) is 10.5 Å². The number of nitrogens with one attached hydrogen (secondary N) is 1. The summed E-state index contributed by atoms with van der Waals surface area (Å²) < 4.78 is 22.3. The minimum Gasteiger partial charge on any atom is -0.289 e. The Morgan fingerprint density at radius 3 is 2.57 bits per heavy atom. The van der Waals surface area contributed by atoms with Gasteiger partial charge < -0.3 is 0 Å². The first-order valence-electron chi connectivity index (χ1n) is 5.70. The number of hydrogen-bond donors (Lipinski definition) is 2. The van der Waals surface area contributed by atoms with Gasteiger partial charge in [0.1, 0.15) is 0 Å². The van der Waals surface area contributed by atoms with Gasteiger partial charge in [0.15, 0.2) is 0 Å². The monoisotopic (exact) mass is 381 g/mol. The summed E-state index contributed by atoms with van der Waals surface area (Å²) in [7, 11) is 0. The summed E-state index contributed by atoms with van der Waals surface area (Å²) >= 11 is 17.4. The van der Waals surface area contributed by atoms with Gasteiger partial charge in [-0.3, -0.25) is 9.27 Å². The SMILES string of the molecule is O=S(O)Nc1cccc(Cl)c1CSc1ccc(Cl)cc1Cl. The molecule has 0 aromatic heterocycles. The van der Waals surface area contributed by atoms with Gasteiger partial charge in [-0.05, 0) is 30.3 Å². The van der Waals surface area contributed by atoms with Crippen LogP contribution in [0, 0.1) is 0 Å². The number of thioether (sulfide) groups is 1. The van der Waals surface area contributed by atoms with E-state index in [0.29, 0.717) is 26.5 Å². The zero-order chi connectivity index (χ0) is 15.4. The normalized spacial score (nSPS) is 12.2. The number of halogens is 3. The summed E-state index contributed by atoms with van der Waals surface area (Å²) in [6, 6.07) is 10.4. The van der Waals surface area contributed by atoms with Crippen LogP contribution in [0.25, 0.3) is 0 Å². The van der Waals surface area contributed by atoms with Crippen molar-refractivity contribution >= 4 is 63.5 Å². The summed E-state index contributed by atoms with van der Waals surface area (Å²) in [5.74, 6) is 0.501. The van der Waals surface area contributed by atoms with Gasteiger partial charge >= 0.3 is 0 Å². The van der Waals surface area contributed by atoms with Gasteiger partial charge in [0, 0.05) is 26.3 Å². The summed E-state index contributed by atoms with van der Waals surface area (Å²) in [5.41, 5.74) is 1.25. The van der Waals surface area contributed by atoms with Crippen molar-refractivity contribution in [3.05, 3.63) is 57.0 Å². The molecule has 0 aliphatic carbocycles. The highest BCUT2D eigenvalue weighted by Gasteiger charge is 2.10. The summed E-state index contributed by atoms with van der Waals surface area (Å²) in [5, 5.41) is 1.64. The molecule has 1 atom stereocenters. The van der Waals surface area contributed by atoms with Gasteiger partial charge in [-0.2, -0.15) is 0 Å². The van der Waals surface area contributed by atoms with Crippen molar-refractivity contribution in [2.75, 3.05) is 4.72 Å². The third-order valence-electron chi connectivity index (χ3n) is 2.58. The van der Waals surface area contributed by atoms with E-state index in [9.17, 15) is 4.21 Å². The smallest absolute Gasteiger partial charge is 0.259 e. The predicted molar refractivity (Wildman–Crippen MR) is 91.9 cm³/mol. The first-order chi connectivity index (χ1) is 9.97. The van der Waals surface area contributed by atoms with Crippen molar-refractivity contribution in [2.24, 2.45) is 0 Å². The molecule has 0 aliphatic heterocycles. The Hall–Kier alpha value is -0.430. The number of hydrogen-bond acceptors (Lipinski definition) is 2. The molecular formula is C13H10Cl3NO2S2. The minimum atomic E-state index is -2.15. The lowest BCUT2D eigenvalue weighted by Crippen LogP contribution is -2.04. The van der Waals surface area contributed by atoms with Crippen molar-refractivity contribution in [1.29, 1.82) is 0 Å². The van der Waals surface area contributed by atoms with Crippen LogP contribution in [0.2, 0.25) is 15.1 Å². The Balaban J connectivity index is 2.21. The maximum absolute atomic E-state index is 10.9. The fourth-order valence-electron chi connectivity index (χ4n) is 1.64. The molecule has 0 fully saturated rings. The van der Waals surface area contributed by atoms with Crippen LogP contribution in [0.1, 0.15) is 5.56 Å². The first-order valence-corrected chi connectivity index (χ1v) is 8.92.